The quantitative estimate of drug-likeness (QED) is 0.491. The molecule has 0 aromatic heterocycles. The molecule has 0 nitrogen and oxygen atoms in total. The minimum Gasteiger partial charge on any atom is -0.358 e. The van der Waals surface area contributed by atoms with Crippen LogP contribution in [0.4, 0.5) is 0 Å². The van der Waals surface area contributed by atoms with Gasteiger partial charge in [-0.2, -0.15) is 0 Å². The zero-order valence-corrected chi connectivity index (χ0v) is 8.95. The number of rotatable bonds is 2. The Balaban J connectivity index is -0.000000180. The molecule has 0 atom stereocenters. The van der Waals surface area contributed by atoms with Gasteiger partial charge in [0.1, 0.15) is 0 Å². The van der Waals surface area contributed by atoms with Gasteiger partial charge < -0.3 is 7.43 Å². The van der Waals surface area contributed by atoms with E-state index in [4.69, 9.17) is 0 Å². The van der Waals surface area contributed by atoms with Crippen LogP contribution >= 0.6 is 0 Å². The van der Waals surface area contributed by atoms with E-state index >= 15 is 0 Å². The van der Waals surface area contributed by atoms with Crippen molar-refractivity contribution in [3.63, 3.8) is 0 Å². The summed E-state index contributed by atoms with van der Waals surface area (Å²) < 4.78 is 0. The first-order valence-electron chi connectivity index (χ1n) is 3.13. The second kappa shape index (κ2) is 8.62. The first-order valence-corrected chi connectivity index (χ1v) is 3.13. The molecule has 0 bridgehead atoms. The van der Waals surface area contributed by atoms with Crippen molar-refractivity contribution >= 4 is 0 Å². The normalized spacial score (nSPS) is 8.67. The monoisotopic (exact) mass is 217 g/mol. The average molecular weight is 216 g/mol. The maximum Gasteiger partial charge on any atom is 1.00 e. The Morgan fingerprint density at radius 2 is 1.11 bits per heavy atom. The van der Waals surface area contributed by atoms with Gasteiger partial charge in [-0.05, 0) is 18.3 Å². The maximum atomic E-state index is 2.26. The van der Waals surface area contributed by atoms with Crippen LogP contribution in [0.3, 0.4) is 0 Å². The molecular weight excluding hydrogens is 197 g/mol. The van der Waals surface area contributed by atoms with Gasteiger partial charge in [0.05, 0.1) is 0 Å². The second-order valence-electron chi connectivity index (χ2n) is 3.02. The molecule has 0 unspecified atom stereocenters. The summed E-state index contributed by atoms with van der Waals surface area (Å²) >= 11 is 0. The molecule has 1 radical (unpaired) electrons. The summed E-state index contributed by atoms with van der Waals surface area (Å²) in [5.41, 5.74) is 0. The second-order valence-corrected chi connectivity index (χ2v) is 3.02. The minimum absolute atomic E-state index is 0. The largest absolute Gasteiger partial charge is 1.00 e. The van der Waals surface area contributed by atoms with Crippen molar-refractivity contribution in [3.8, 4) is 0 Å². The van der Waals surface area contributed by atoms with Crippen LogP contribution in [-0.4, -0.2) is 0 Å². The molecule has 0 saturated heterocycles. The van der Waals surface area contributed by atoms with Crippen molar-refractivity contribution in [2.75, 3.05) is 0 Å². The molecule has 0 heterocycles. The van der Waals surface area contributed by atoms with Gasteiger partial charge in [0.25, 0.3) is 0 Å². The van der Waals surface area contributed by atoms with Crippen LogP contribution < -0.4 is 0 Å². The topological polar surface area (TPSA) is 0 Å². The first kappa shape index (κ1) is 16.3. The molecule has 0 spiro atoms. The Labute approximate surface area is 73.2 Å². The van der Waals surface area contributed by atoms with E-state index in [2.05, 4.69) is 27.7 Å². The predicted molar refractivity (Wildman–Crippen MR) is 40.7 cm³/mol. The maximum absolute atomic E-state index is 2.26. The van der Waals surface area contributed by atoms with Crippen LogP contribution in [0.15, 0.2) is 0 Å². The van der Waals surface area contributed by atoms with E-state index in [0.29, 0.717) is 0 Å². The fourth-order valence-electron chi connectivity index (χ4n) is 0.943. The van der Waals surface area contributed by atoms with E-state index in [1.165, 1.54) is 6.42 Å². The Kier molecular flexibility index (Phi) is 15.6. The van der Waals surface area contributed by atoms with E-state index in [9.17, 15) is 0 Å². The summed E-state index contributed by atoms with van der Waals surface area (Å²) in [5, 5.41) is 0. The van der Waals surface area contributed by atoms with Crippen molar-refractivity contribution in [2.24, 2.45) is 11.8 Å². The molecule has 9 heavy (non-hydrogen) atoms. The van der Waals surface area contributed by atoms with Crippen LogP contribution in [0.5, 0.6) is 0 Å². The Hall–Kier alpha value is 0.623. The van der Waals surface area contributed by atoms with E-state index in [0.717, 1.165) is 11.8 Å². The van der Waals surface area contributed by atoms with Crippen LogP contribution in [0, 0.1) is 19.3 Å². The smallest absolute Gasteiger partial charge is 0.358 e. The molecule has 0 aliphatic rings. The summed E-state index contributed by atoms with van der Waals surface area (Å²) in [6.07, 6.45) is 1.36. The van der Waals surface area contributed by atoms with Crippen LogP contribution in [-0.2, 0) is 19.5 Å². The average Bonchev–Trinajstić information content (AvgIpc) is 1.27. The minimum atomic E-state index is 0. The molecule has 0 N–H and O–H groups in total. The molecule has 0 fully saturated rings. The Bertz CT molecular complexity index is 33.8. The van der Waals surface area contributed by atoms with Gasteiger partial charge in [-0.3, -0.25) is 0 Å². The van der Waals surface area contributed by atoms with Crippen molar-refractivity contribution in [1.82, 2.24) is 0 Å². The van der Waals surface area contributed by atoms with E-state index < -0.39 is 0 Å². The van der Waals surface area contributed by atoms with Gasteiger partial charge in [-0.25, -0.2) is 0 Å². The Morgan fingerprint density at radius 1 is 0.889 bits per heavy atom. The third-order valence-electron chi connectivity index (χ3n) is 0.943. The van der Waals surface area contributed by atoms with Crippen molar-refractivity contribution < 1.29 is 19.5 Å². The standard InChI is InChI=1S/C7H16.CH3.Ru/c1-6(2)5-7(3)4;;/h6-7H,5H2,1-4H3;1H3;/q;-1;+1. The molecule has 0 saturated carbocycles. The molecule has 59 valence electrons. The summed E-state index contributed by atoms with van der Waals surface area (Å²) in [5.74, 6) is 1.75. The van der Waals surface area contributed by atoms with Gasteiger partial charge >= 0.3 is 19.5 Å². The third kappa shape index (κ3) is 17.7. The molecule has 0 aromatic rings. The van der Waals surface area contributed by atoms with Gasteiger partial charge in [0, 0.05) is 0 Å². The number of hydrogen-bond acceptors (Lipinski definition) is 0. The van der Waals surface area contributed by atoms with E-state index in [-0.39, 0.29) is 26.9 Å². The zero-order valence-electron chi connectivity index (χ0n) is 7.22. The SMILES string of the molecule is CC(C)CC(C)C.[CH3-].[Ru+]. The predicted octanol–water partition coefficient (Wildman–Crippen LogP) is 3.14. The van der Waals surface area contributed by atoms with Crippen LogP contribution in [0.1, 0.15) is 34.1 Å². The number of hydrogen-bond donors (Lipinski definition) is 0. The van der Waals surface area contributed by atoms with Gasteiger partial charge in [0.2, 0.25) is 0 Å². The fraction of sp³-hybridized carbons (Fsp3) is 0.875. The summed E-state index contributed by atoms with van der Waals surface area (Å²) in [4.78, 5) is 0. The molecule has 0 rings (SSSR count). The summed E-state index contributed by atoms with van der Waals surface area (Å²) in [6, 6.07) is 0. The van der Waals surface area contributed by atoms with Crippen LogP contribution in [0.25, 0.3) is 0 Å². The van der Waals surface area contributed by atoms with E-state index in [1.54, 1.807) is 0 Å². The molecule has 0 aliphatic heterocycles. The van der Waals surface area contributed by atoms with Gasteiger partial charge in [-0.1, -0.05) is 27.7 Å². The molecular formula is C8H19Ru. The van der Waals surface area contributed by atoms with Crippen molar-refractivity contribution in [2.45, 2.75) is 34.1 Å². The summed E-state index contributed by atoms with van der Waals surface area (Å²) in [6.45, 7) is 9.06. The van der Waals surface area contributed by atoms with Gasteiger partial charge in [0.15, 0.2) is 0 Å². The third-order valence-corrected chi connectivity index (χ3v) is 0.943. The molecule has 0 aromatic carbocycles. The van der Waals surface area contributed by atoms with E-state index in [1.807, 2.05) is 0 Å². The zero-order chi connectivity index (χ0) is 5.86. The Morgan fingerprint density at radius 3 is 1.11 bits per heavy atom. The van der Waals surface area contributed by atoms with Crippen LogP contribution in [0.2, 0.25) is 0 Å². The van der Waals surface area contributed by atoms with Gasteiger partial charge in [-0.15, -0.1) is 0 Å². The summed E-state index contributed by atoms with van der Waals surface area (Å²) in [7, 11) is 0. The molecule has 1 heteroatoms. The van der Waals surface area contributed by atoms with Crippen molar-refractivity contribution in [1.29, 1.82) is 0 Å². The first-order chi connectivity index (χ1) is 3.13. The molecule has 0 aliphatic carbocycles. The fourth-order valence-corrected chi connectivity index (χ4v) is 0.943. The molecule has 0 amide bonds. The van der Waals surface area contributed by atoms with Crippen molar-refractivity contribution in [3.05, 3.63) is 7.43 Å².